The Morgan fingerprint density at radius 1 is 1.28 bits per heavy atom. The summed E-state index contributed by atoms with van der Waals surface area (Å²) in [4.78, 5) is 0.282. The van der Waals surface area contributed by atoms with Crippen LogP contribution in [0, 0.1) is 0 Å². The largest absolute Gasteiger partial charge is 0.330 e. The number of sulfone groups is 1. The monoisotopic (exact) mass is 287 g/mol. The average Bonchev–Trinajstić information content (AvgIpc) is 2.76. The van der Waals surface area contributed by atoms with Crippen molar-refractivity contribution >= 4 is 21.4 Å². The van der Waals surface area contributed by atoms with Crippen molar-refractivity contribution < 1.29 is 8.42 Å². The van der Waals surface area contributed by atoms with Gasteiger partial charge in [-0.3, -0.25) is 0 Å². The van der Waals surface area contributed by atoms with Crippen LogP contribution in [0.1, 0.15) is 31.2 Å². The molecule has 2 rings (SSSR count). The maximum absolute atomic E-state index is 11.7. The quantitative estimate of drug-likeness (QED) is 0.929. The van der Waals surface area contributed by atoms with E-state index in [-0.39, 0.29) is 10.3 Å². The van der Waals surface area contributed by atoms with Crippen molar-refractivity contribution in [2.24, 2.45) is 5.73 Å². The molecule has 0 unspecified atom stereocenters. The zero-order valence-electron chi connectivity index (χ0n) is 10.4. The third kappa shape index (κ3) is 2.56. The molecule has 1 aliphatic rings. The molecule has 0 radical (unpaired) electrons. The van der Waals surface area contributed by atoms with Crippen molar-refractivity contribution in [1.82, 2.24) is 0 Å². The Labute approximate surface area is 113 Å². The van der Waals surface area contributed by atoms with Crippen molar-refractivity contribution in [2.75, 3.05) is 12.8 Å². The second-order valence-corrected chi connectivity index (χ2v) is 7.59. The number of nitrogens with two attached hydrogens (primary N) is 1. The predicted molar refractivity (Wildman–Crippen MR) is 73.8 cm³/mol. The van der Waals surface area contributed by atoms with Crippen LogP contribution >= 0.6 is 11.6 Å². The first-order chi connectivity index (χ1) is 8.37. The van der Waals surface area contributed by atoms with Gasteiger partial charge in [0, 0.05) is 23.2 Å². The van der Waals surface area contributed by atoms with Crippen LogP contribution in [0.25, 0.3) is 0 Å². The van der Waals surface area contributed by atoms with Gasteiger partial charge in [-0.1, -0.05) is 24.4 Å². The highest BCUT2D eigenvalue weighted by Gasteiger charge is 2.35. The number of hydrogen-bond acceptors (Lipinski definition) is 3. The minimum atomic E-state index is -3.24. The maximum Gasteiger partial charge on any atom is 0.175 e. The Morgan fingerprint density at radius 3 is 2.39 bits per heavy atom. The van der Waals surface area contributed by atoms with Crippen molar-refractivity contribution in [3.05, 3.63) is 28.8 Å². The normalized spacial score (nSPS) is 19.1. The summed E-state index contributed by atoms with van der Waals surface area (Å²) < 4.78 is 23.3. The van der Waals surface area contributed by atoms with Crippen molar-refractivity contribution in [2.45, 2.75) is 36.0 Å². The number of benzene rings is 1. The molecule has 1 saturated carbocycles. The zero-order valence-corrected chi connectivity index (χ0v) is 12.0. The Balaban J connectivity index is 2.55. The van der Waals surface area contributed by atoms with E-state index >= 15 is 0 Å². The van der Waals surface area contributed by atoms with E-state index in [0.717, 1.165) is 31.2 Å². The fourth-order valence-corrected chi connectivity index (χ4v) is 3.73. The van der Waals surface area contributed by atoms with Crippen LogP contribution in [-0.2, 0) is 15.3 Å². The molecule has 1 fully saturated rings. The molecule has 0 spiro atoms. The second kappa shape index (κ2) is 4.83. The van der Waals surface area contributed by atoms with Crippen LogP contribution in [0.5, 0.6) is 0 Å². The topological polar surface area (TPSA) is 60.2 Å². The lowest BCUT2D eigenvalue weighted by Gasteiger charge is -2.28. The Morgan fingerprint density at radius 2 is 1.89 bits per heavy atom. The minimum absolute atomic E-state index is 0.0929. The first-order valence-electron chi connectivity index (χ1n) is 6.09. The molecule has 100 valence electrons. The van der Waals surface area contributed by atoms with Crippen molar-refractivity contribution in [1.29, 1.82) is 0 Å². The first kappa shape index (κ1) is 13.8. The number of halogens is 1. The van der Waals surface area contributed by atoms with Gasteiger partial charge in [0.1, 0.15) is 0 Å². The molecule has 0 aliphatic heterocycles. The van der Waals surface area contributed by atoms with Crippen molar-refractivity contribution in [3.63, 3.8) is 0 Å². The van der Waals surface area contributed by atoms with Gasteiger partial charge in [-0.25, -0.2) is 8.42 Å². The zero-order chi connectivity index (χ0) is 13.4. The molecule has 0 amide bonds. The molecular weight excluding hydrogens is 270 g/mol. The van der Waals surface area contributed by atoms with E-state index in [0.29, 0.717) is 11.6 Å². The van der Waals surface area contributed by atoms with E-state index in [2.05, 4.69) is 0 Å². The summed E-state index contributed by atoms with van der Waals surface area (Å²) in [6, 6.07) is 5.09. The van der Waals surface area contributed by atoms with Gasteiger partial charge in [0.15, 0.2) is 9.84 Å². The molecule has 1 aliphatic carbocycles. The molecule has 18 heavy (non-hydrogen) atoms. The Hall–Kier alpha value is -0.580. The molecule has 3 nitrogen and oxygen atoms in total. The SMILES string of the molecule is CS(=O)(=O)c1cc(Cl)cc(C2(CN)CCCC2)c1. The van der Waals surface area contributed by atoms with Gasteiger partial charge in [-0.15, -0.1) is 0 Å². The fourth-order valence-electron chi connectivity index (χ4n) is 2.75. The predicted octanol–water partition coefficient (Wildman–Crippen LogP) is 2.51. The Bertz CT molecular complexity index is 548. The molecule has 2 N–H and O–H groups in total. The summed E-state index contributed by atoms with van der Waals surface area (Å²) in [6.45, 7) is 0.538. The van der Waals surface area contributed by atoms with Crippen LogP contribution in [0.2, 0.25) is 5.02 Å². The summed E-state index contributed by atoms with van der Waals surface area (Å²) in [5.74, 6) is 0. The highest BCUT2D eigenvalue weighted by molar-refractivity contribution is 7.90. The Kier molecular flexibility index (Phi) is 3.72. The molecule has 0 atom stereocenters. The van der Waals surface area contributed by atoms with Crippen LogP contribution in [0.15, 0.2) is 23.1 Å². The highest BCUT2D eigenvalue weighted by Crippen LogP contribution is 2.41. The average molecular weight is 288 g/mol. The smallest absolute Gasteiger partial charge is 0.175 e. The summed E-state index contributed by atoms with van der Waals surface area (Å²) >= 11 is 6.05. The van der Waals surface area contributed by atoms with E-state index < -0.39 is 9.84 Å². The summed E-state index contributed by atoms with van der Waals surface area (Å²) in [5.41, 5.74) is 6.79. The van der Waals surface area contributed by atoms with Crippen LogP contribution in [0.3, 0.4) is 0 Å². The second-order valence-electron chi connectivity index (χ2n) is 5.14. The van der Waals surface area contributed by atoms with Crippen LogP contribution < -0.4 is 5.73 Å². The van der Waals surface area contributed by atoms with Crippen molar-refractivity contribution in [3.8, 4) is 0 Å². The molecule has 0 aromatic heterocycles. The van der Waals surface area contributed by atoms with Gasteiger partial charge < -0.3 is 5.73 Å². The van der Waals surface area contributed by atoms with Crippen LogP contribution in [0.4, 0.5) is 0 Å². The highest BCUT2D eigenvalue weighted by atomic mass is 35.5. The lowest BCUT2D eigenvalue weighted by atomic mass is 9.79. The fraction of sp³-hybridized carbons (Fsp3) is 0.538. The summed E-state index contributed by atoms with van der Waals surface area (Å²) in [6.07, 6.45) is 5.49. The van der Waals surface area contributed by atoms with E-state index in [9.17, 15) is 8.42 Å². The lowest BCUT2D eigenvalue weighted by molar-refractivity contribution is 0.452. The molecule has 0 heterocycles. The molecule has 1 aromatic rings. The van der Waals surface area contributed by atoms with Crippen LogP contribution in [-0.4, -0.2) is 21.2 Å². The van der Waals surface area contributed by atoms with E-state index in [4.69, 9.17) is 17.3 Å². The van der Waals surface area contributed by atoms with E-state index in [1.807, 2.05) is 6.07 Å². The summed E-state index contributed by atoms with van der Waals surface area (Å²) in [5, 5.41) is 0.465. The third-order valence-electron chi connectivity index (χ3n) is 3.86. The van der Waals surface area contributed by atoms with Gasteiger partial charge in [-0.05, 0) is 36.6 Å². The molecule has 0 saturated heterocycles. The summed E-state index contributed by atoms with van der Waals surface area (Å²) in [7, 11) is -3.24. The van der Waals surface area contributed by atoms with Gasteiger partial charge in [0.05, 0.1) is 4.90 Å². The number of rotatable bonds is 3. The number of hydrogen-bond donors (Lipinski definition) is 1. The molecule has 0 bridgehead atoms. The standard InChI is InChI=1S/C13H18ClNO2S/c1-18(16,17)12-7-10(6-11(14)8-12)13(9-15)4-2-3-5-13/h6-8H,2-5,9,15H2,1H3. The maximum atomic E-state index is 11.7. The first-order valence-corrected chi connectivity index (χ1v) is 8.36. The molecule has 1 aromatic carbocycles. The minimum Gasteiger partial charge on any atom is -0.330 e. The molecule has 5 heteroatoms. The van der Waals surface area contributed by atoms with Gasteiger partial charge in [0.2, 0.25) is 0 Å². The van der Waals surface area contributed by atoms with Gasteiger partial charge >= 0.3 is 0 Å². The lowest BCUT2D eigenvalue weighted by Crippen LogP contribution is -2.32. The third-order valence-corrected chi connectivity index (χ3v) is 5.17. The van der Waals surface area contributed by atoms with Gasteiger partial charge in [0.25, 0.3) is 0 Å². The van der Waals surface area contributed by atoms with E-state index in [1.54, 1.807) is 6.07 Å². The molecular formula is C13H18ClNO2S. The van der Waals surface area contributed by atoms with E-state index in [1.165, 1.54) is 12.3 Å². The van der Waals surface area contributed by atoms with Gasteiger partial charge in [-0.2, -0.15) is 0 Å².